The van der Waals surface area contributed by atoms with Gasteiger partial charge in [0.05, 0.1) is 34.8 Å². The van der Waals surface area contributed by atoms with Crippen molar-refractivity contribution in [3.8, 4) is 45.6 Å². The van der Waals surface area contributed by atoms with Crippen LogP contribution in [0.2, 0.25) is 0 Å². The standard InChI is InChI=1S/C34H26N4O18S4.4Na/c1-55-25-9-15(3-5-21(25)35-37-31-27(59(49,50)51)11-17-7-19(57(43,44)45)13-23(39)29(17)33(31)41)16-4-6-22(26(10-16)56-2)36-38-32-28(60(52,53)54)12-18-8-20(58(46,47)48)14-24(40)30(18)34(32)42;;;;/h3-14,39-42H,1-2H3,(H,43,44,45)(H,46,47,48)(H,49,50,51)(H,52,53,54);;;;. The van der Waals surface area contributed by atoms with Gasteiger partial charge in [0.15, 0.2) is 11.5 Å². The molecule has 0 saturated carbocycles. The van der Waals surface area contributed by atoms with Crippen molar-refractivity contribution in [3.05, 3.63) is 72.8 Å². The number of phenolic OH excluding ortho intramolecular Hbond substituents is 4. The van der Waals surface area contributed by atoms with Gasteiger partial charge >= 0.3 is 0 Å². The van der Waals surface area contributed by atoms with E-state index in [-0.39, 0.29) is 141 Å². The normalized spacial score (nSPS) is 12.0. The predicted molar refractivity (Wildman–Crippen MR) is 230 cm³/mol. The second-order valence-electron chi connectivity index (χ2n) is 12.3. The molecule has 0 saturated heterocycles. The molecular formula is C34H26N4Na4O18S4. The van der Waals surface area contributed by atoms with E-state index in [2.05, 4.69) is 20.5 Å². The van der Waals surface area contributed by atoms with Gasteiger partial charge in [-0.1, -0.05) is 12.1 Å². The number of hydrogen-bond donors (Lipinski definition) is 8. The molecule has 6 aromatic rings. The van der Waals surface area contributed by atoms with E-state index < -0.39 is 116 Å². The van der Waals surface area contributed by atoms with Gasteiger partial charge in [-0.3, -0.25) is 18.2 Å². The first-order chi connectivity index (χ1) is 27.8. The topological polar surface area (TPSA) is 366 Å². The van der Waals surface area contributed by atoms with Gasteiger partial charge in [-0.25, -0.2) is 0 Å². The quantitative estimate of drug-likeness (QED) is 0.0491. The number of aromatic hydroxyl groups is 4. The Morgan fingerprint density at radius 1 is 0.438 bits per heavy atom. The summed E-state index contributed by atoms with van der Waals surface area (Å²) in [4.78, 5) is -3.77. The predicted octanol–water partition coefficient (Wildman–Crippen LogP) is 4.79. The van der Waals surface area contributed by atoms with Gasteiger partial charge in [0, 0.05) is 130 Å². The summed E-state index contributed by atoms with van der Waals surface area (Å²) in [7, 11) is -17.6. The van der Waals surface area contributed by atoms with Crippen LogP contribution in [0.25, 0.3) is 32.7 Å². The molecule has 0 aliphatic heterocycles. The molecule has 6 rings (SSSR count). The molecule has 0 aliphatic carbocycles. The maximum absolute atomic E-state index is 12.3. The van der Waals surface area contributed by atoms with Crippen LogP contribution in [0.1, 0.15) is 0 Å². The number of hydrogen-bond acceptors (Lipinski definition) is 18. The average molecular weight is 999 g/mol. The van der Waals surface area contributed by atoms with Gasteiger partial charge in [-0.2, -0.15) is 33.7 Å². The fourth-order valence-electron chi connectivity index (χ4n) is 5.85. The van der Waals surface area contributed by atoms with Gasteiger partial charge in [-0.05, 0) is 70.4 Å². The Bertz CT molecular complexity index is 3140. The molecule has 0 unspecified atom stereocenters. The van der Waals surface area contributed by atoms with Crippen LogP contribution in [0.4, 0.5) is 22.7 Å². The van der Waals surface area contributed by atoms with Crippen LogP contribution in [-0.2, 0) is 40.5 Å². The van der Waals surface area contributed by atoms with Gasteiger partial charge in [0.25, 0.3) is 40.5 Å². The Morgan fingerprint density at radius 3 is 1.05 bits per heavy atom. The van der Waals surface area contributed by atoms with Crippen molar-refractivity contribution in [2.24, 2.45) is 20.5 Å². The summed E-state index contributed by atoms with van der Waals surface area (Å²) in [6, 6.07) is 12.6. The summed E-state index contributed by atoms with van der Waals surface area (Å²) < 4.78 is 145. The molecular weight excluding hydrogens is 973 g/mol. The molecule has 0 fully saturated rings. The summed E-state index contributed by atoms with van der Waals surface area (Å²) in [6.45, 7) is 0. The summed E-state index contributed by atoms with van der Waals surface area (Å²) in [6.07, 6.45) is 0. The first-order valence-electron chi connectivity index (χ1n) is 16.0. The molecule has 64 heavy (non-hydrogen) atoms. The van der Waals surface area contributed by atoms with Crippen LogP contribution in [0, 0.1) is 0 Å². The van der Waals surface area contributed by atoms with Gasteiger partial charge < -0.3 is 29.9 Å². The zero-order valence-electron chi connectivity index (χ0n) is 34.0. The third kappa shape index (κ3) is 12.1. The van der Waals surface area contributed by atoms with Crippen molar-refractivity contribution in [1.29, 1.82) is 0 Å². The van der Waals surface area contributed by atoms with Crippen molar-refractivity contribution in [2.75, 3.05) is 14.2 Å². The molecule has 22 nitrogen and oxygen atoms in total. The number of azo groups is 2. The molecule has 30 heteroatoms. The minimum Gasteiger partial charge on any atom is -0.507 e. The molecule has 0 atom stereocenters. The van der Waals surface area contributed by atoms with E-state index in [0.717, 1.165) is 12.1 Å². The van der Waals surface area contributed by atoms with Crippen LogP contribution in [0.15, 0.2) is 113 Å². The zero-order chi connectivity index (χ0) is 44.3. The Kier molecular flexibility index (Phi) is 19.5. The van der Waals surface area contributed by atoms with Gasteiger partial charge in [-0.15, -0.1) is 20.5 Å². The number of nitrogens with zero attached hydrogens (tertiary/aromatic N) is 4. The van der Waals surface area contributed by atoms with Crippen molar-refractivity contribution >= 4 is 203 Å². The minimum absolute atomic E-state index is 0. The summed E-state index contributed by atoms with van der Waals surface area (Å²) in [5, 5.41) is 56.4. The molecule has 8 N–H and O–H groups in total. The monoisotopic (exact) mass is 998 g/mol. The Morgan fingerprint density at radius 2 is 0.766 bits per heavy atom. The summed E-state index contributed by atoms with van der Waals surface area (Å²) in [5.74, 6) is -3.80. The number of phenols is 4. The Labute approximate surface area is 451 Å². The zero-order valence-corrected chi connectivity index (χ0v) is 45.3. The van der Waals surface area contributed by atoms with Crippen molar-refractivity contribution in [1.82, 2.24) is 0 Å². The smallest absolute Gasteiger partial charge is 0.296 e. The molecule has 0 spiro atoms. The van der Waals surface area contributed by atoms with Crippen molar-refractivity contribution < 1.29 is 81.8 Å². The average Bonchev–Trinajstić information content (AvgIpc) is 3.14. The molecule has 0 aromatic heterocycles. The third-order valence-corrected chi connectivity index (χ3v) is 12.0. The fourth-order valence-corrected chi connectivity index (χ4v) is 8.24. The van der Waals surface area contributed by atoms with E-state index in [1.54, 1.807) is 0 Å². The number of methoxy groups -OCH3 is 2. The first-order valence-corrected chi connectivity index (χ1v) is 21.7. The molecule has 4 radical (unpaired) electrons. The van der Waals surface area contributed by atoms with E-state index >= 15 is 0 Å². The van der Waals surface area contributed by atoms with Crippen LogP contribution in [-0.4, -0.2) is 205 Å². The van der Waals surface area contributed by atoms with Crippen LogP contribution in [0.3, 0.4) is 0 Å². The summed E-state index contributed by atoms with van der Waals surface area (Å²) >= 11 is 0. The van der Waals surface area contributed by atoms with E-state index in [1.807, 2.05) is 0 Å². The Hall–Kier alpha value is -2.52. The molecule has 0 heterocycles. The second kappa shape index (κ2) is 21.6. The number of fused-ring (bicyclic) bond motifs is 2. The van der Waals surface area contributed by atoms with E-state index in [0.29, 0.717) is 35.4 Å². The number of ether oxygens (including phenoxy) is 2. The van der Waals surface area contributed by atoms with Gasteiger partial charge in [0.2, 0.25) is 0 Å². The Balaban J connectivity index is 0.00000352. The maximum Gasteiger partial charge on any atom is 0.296 e. The van der Waals surface area contributed by atoms with Crippen molar-refractivity contribution in [3.63, 3.8) is 0 Å². The van der Waals surface area contributed by atoms with Crippen LogP contribution < -0.4 is 9.47 Å². The fraction of sp³-hybridized carbons (Fsp3) is 0.0588. The molecule has 0 amide bonds. The number of benzene rings is 6. The molecule has 0 aliphatic rings. The van der Waals surface area contributed by atoms with Crippen molar-refractivity contribution in [2.45, 2.75) is 19.6 Å². The third-order valence-electron chi connectivity index (χ3n) is 8.57. The molecule has 318 valence electrons. The SMILES string of the molecule is COc1cc(-c2ccc(N=Nc3c(S(=O)(=O)O)cc4cc(S(=O)(=O)O)cc(O)c4c3O)c(OC)c2)ccc1N=Nc1c(S(=O)(=O)O)cc2cc(S(=O)(=O)O)cc(O)c2c1O.[Na].[Na].[Na].[Na]. The second-order valence-corrected chi connectivity index (χ2v) is 17.9. The van der Waals surface area contributed by atoms with Gasteiger partial charge in [0.1, 0.15) is 55.5 Å². The van der Waals surface area contributed by atoms with E-state index in [4.69, 9.17) is 9.47 Å². The minimum atomic E-state index is -5.18. The largest absolute Gasteiger partial charge is 0.507 e. The van der Waals surface area contributed by atoms with Crippen LogP contribution in [0.5, 0.6) is 34.5 Å². The van der Waals surface area contributed by atoms with Crippen LogP contribution >= 0.6 is 0 Å². The summed E-state index contributed by atoms with van der Waals surface area (Å²) in [5.41, 5.74) is -0.973. The van der Waals surface area contributed by atoms with E-state index in [1.165, 1.54) is 50.6 Å². The maximum atomic E-state index is 12.3. The number of rotatable bonds is 11. The molecule has 6 aromatic carbocycles. The molecule has 0 bridgehead atoms. The van der Waals surface area contributed by atoms with E-state index in [9.17, 15) is 72.3 Å². The first kappa shape index (κ1) is 57.6.